The lowest BCUT2D eigenvalue weighted by Gasteiger charge is -2.38. The Labute approximate surface area is 259 Å². The quantitative estimate of drug-likeness (QED) is 0.324. The second-order valence-corrected chi connectivity index (χ2v) is 12.1. The number of carbonyl (C=O) groups is 3. The van der Waals surface area contributed by atoms with E-state index in [1.54, 1.807) is 6.92 Å². The summed E-state index contributed by atoms with van der Waals surface area (Å²) in [6.45, 7) is 9.00. The molecule has 2 aliphatic rings. The largest absolute Gasteiger partial charge is 0.465 e. The second-order valence-electron chi connectivity index (χ2n) is 12.1. The van der Waals surface area contributed by atoms with Crippen molar-refractivity contribution in [2.45, 2.75) is 90.2 Å². The summed E-state index contributed by atoms with van der Waals surface area (Å²) in [6.07, 6.45) is 1.18. The zero-order chi connectivity index (χ0) is 31.7. The van der Waals surface area contributed by atoms with E-state index in [-0.39, 0.29) is 50.5 Å². The molecular formula is C33H45N3O8. The molecule has 2 aliphatic heterocycles. The Morgan fingerprint density at radius 1 is 0.977 bits per heavy atom. The molecule has 44 heavy (non-hydrogen) atoms. The predicted octanol–water partition coefficient (Wildman–Crippen LogP) is 3.89. The molecule has 0 saturated carbocycles. The third-order valence-corrected chi connectivity index (χ3v) is 7.50. The van der Waals surface area contributed by atoms with Crippen molar-refractivity contribution in [3.63, 3.8) is 0 Å². The van der Waals surface area contributed by atoms with E-state index >= 15 is 0 Å². The minimum atomic E-state index is -0.645. The first-order chi connectivity index (χ1) is 21.0. The van der Waals surface area contributed by atoms with Gasteiger partial charge in [-0.2, -0.15) is 0 Å². The molecule has 0 unspecified atom stereocenters. The zero-order valence-electron chi connectivity index (χ0n) is 26.0. The Kier molecular flexibility index (Phi) is 11.7. The molecule has 0 bridgehead atoms. The van der Waals surface area contributed by atoms with Gasteiger partial charge in [-0.15, -0.1) is 0 Å². The molecule has 2 heterocycles. The van der Waals surface area contributed by atoms with Gasteiger partial charge < -0.3 is 34.7 Å². The van der Waals surface area contributed by atoms with E-state index < -0.39 is 23.9 Å². The molecule has 2 amide bonds. The van der Waals surface area contributed by atoms with Crippen molar-refractivity contribution in [2.24, 2.45) is 0 Å². The Hall–Kier alpha value is -3.51. The molecule has 2 saturated heterocycles. The Morgan fingerprint density at radius 3 is 2.32 bits per heavy atom. The molecule has 0 spiro atoms. The topological polar surface area (TPSA) is 136 Å². The van der Waals surface area contributed by atoms with Crippen LogP contribution in [0.5, 0.6) is 0 Å². The monoisotopic (exact) mass is 611 g/mol. The summed E-state index contributed by atoms with van der Waals surface area (Å²) >= 11 is 0. The van der Waals surface area contributed by atoms with Crippen LogP contribution in [-0.4, -0.2) is 72.0 Å². The number of nitrogens with one attached hydrogen (secondary N) is 2. The summed E-state index contributed by atoms with van der Waals surface area (Å²) in [5.41, 5.74) is 2.95. The minimum Gasteiger partial charge on any atom is -0.465 e. The highest BCUT2D eigenvalue weighted by molar-refractivity contribution is 5.80. The molecule has 4 atom stereocenters. The van der Waals surface area contributed by atoms with Crippen molar-refractivity contribution in [1.82, 2.24) is 15.5 Å². The Morgan fingerprint density at radius 2 is 1.66 bits per heavy atom. The maximum atomic E-state index is 13.0. The molecule has 11 nitrogen and oxygen atoms in total. The van der Waals surface area contributed by atoms with Crippen LogP contribution >= 0.6 is 0 Å². The Balaban J connectivity index is 1.43. The maximum Gasteiger partial charge on any atom is 0.325 e. The van der Waals surface area contributed by atoms with E-state index in [0.29, 0.717) is 13.0 Å². The van der Waals surface area contributed by atoms with E-state index in [1.165, 1.54) is 0 Å². The fraction of sp³-hybridized carbons (Fsp3) is 0.545. The zero-order valence-corrected chi connectivity index (χ0v) is 26.0. The summed E-state index contributed by atoms with van der Waals surface area (Å²) in [5, 5.41) is 14.7. The first-order valence-corrected chi connectivity index (χ1v) is 15.3. The number of rotatable bonds is 11. The number of esters is 2. The summed E-state index contributed by atoms with van der Waals surface area (Å²) in [7, 11) is 0. The predicted molar refractivity (Wildman–Crippen MR) is 162 cm³/mol. The van der Waals surface area contributed by atoms with Crippen LogP contribution in [0.1, 0.15) is 81.6 Å². The third kappa shape index (κ3) is 9.75. The molecule has 2 fully saturated rings. The Bertz CT molecular complexity index is 1250. The lowest BCUT2D eigenvalue weighted by atomic mass is 9.99. The number of aliphatic hydroxyl groups is 1. The van der Waals surface area contributed by atoms with E-state index in [2.05, 4.69) is 15.5 Å². The van der Waals surface area contributed by atoms with Crippen molar-refractivity contribution in [2.75, 3.05) is 26.2 Å². The standard InChI is InChI=1S/C33H45N3O8/c1-5-41-29(38)19-35-32(40)34-18-22-8-14-25(15-9-22)31-42-26(17-28(43-31)24-12-10-23(21-37)11-13-24)20-36-16-6-7-27(36)30(39)44-33(2,3)4/h8-15,26-28,31,37H,5-7,16-21H2,1-4H3,(H2,34,35,40)/t26-,27+,28+,31+/m1/s1. The number of amides is 2. The van der Waals surface area contributed by atoms with E-state index in [9.17, 15) is 19.5 Å². The molecule has 0 aliphatic carbocycles. The molecule has 11 heteroatoms. The summed E-state index contributed by atoms with van der Waals surface area (Å²) in [6, 6.07) is 14.5. The van der Waals surface area contributed by atoms with Crippen molar-refractivity contribution >= 4 is 18.0 Å². The number of urea groups is 1. The summed E-state index contributed by atoms with van der Waals surface area (Å²) in [5.74, 6) is -0.695. The SMILES string of the molecule is CCOC(=O)CNC(=O)NCc1ccc([C@H]2O[C@@H](CN3CCC[C@H]3C(=O)OC(C)(C)C)C[C@@H](c3ccc(CO)cc3)O2)cc1. The van der Waals surface area contributed by atoms with Crippen LogP contribution in [0.3, 0.4) is 0 Å². The number of ether oxygens (including phenoxy) is 4. The molecule has 4 rings (SSSR count). The maximum absolute atomic E-state index is 13.0. The van der Waals surface area contributed by atoms with Crippen LogP contribution in [-0.2, 0) is 41.7 Å². The van der Waals surface area contributed by atoms with Crippen molar-refractivity contribution < 1.29 is 38.4 Å². The summed E-state index contributed by atoms with van der Waals surface area (Å²) < 4.78 is 23.5. The highest BCUT2D eigenvalue weighted by Gasteiger charge is 2.38. The highest BCUT2D eigenvalue weighted by Crippen LogP contribution is 2.39. The van der Waals surface area contributed by atoms with Crippen LogP contribution in [0.25, 0.3) is 0 Å². The smallest absolute Gasteiger partial charge is 0.325 e. The molecule has 2 aromatic rings. The fourth-order valence-electron chi connectivity index (χ4n) is 5.38. The molecule has 2 aromatic carbocycles. The van der Waals surface area contributed by atoms with Gasteiger partial charge >= 0.3 is 18.0 Å². The lowest BCUT2D eigenvalue weighted by Crippen LogP contribution is -2.45. The second kappa shape index (κ2) is 15.5. The van der Waals surface area contributed by atoms with Gasteiger partial charge in [-0.3, -0.25) is 14.5 Å². The number of hydrogen-bond acceptors (Lipinski definition) is 9. The molecule has 3 N–H and O–H groups in total. The first kappa shape index (κ1) is 33.4. The van der Waals surface area contributed by atoms with Crippen LogP contribution in [0.2, 0.25) is 0 Å². The van der Waals surface area contributed by atoms with Crippen LogP contribution in [0.15, 0.2) is 48.5 Å². The van der Waals surface area contributed by atoms with Gasteiger partial charge in [0.1, 0.15) is 18.2 Å². The van der Waals surface area contributed by atoms with E-state index in [1.807, 2.05) is 69.3 Å². The minimum absolute atomic E-state index is 0.0323. The van der Waals surface area contributed by atoms with E-state index in [0.717, 1.165) is 41.6 Å². The van der Waals surface area contributed by atoms with Crippen LogP contribution < -0.4 is 10.6 Å². The molecule has 240 valence electrons. The third-order valence-electron chi connectivity index (χ3n) is 7.50. The molecule has 0 radical (unpaired) electrons. The van der Waals surface area contributed by atoms with Gasteiger partial charge in [0.15, 0.2) is 6.29 Å². The van der Waals surface area contributed by atoms with E-state index in [4.69, 9.17) is 18.9 Å². The van der Waals surface area contributed by atoms with Gasteiger partial charge in [0.2, 0.25) is 0 Å². The summed E-state index contributed by atoms with van der Waals surface area (Å²) in [4.78, 5) is 38.6. The van der Waals surface area contributed by atoms with Gasteiger partial charge in [-0.1, -0.05) is 48.5 Å². The van der Waals surface area contributed by atoms with Gasteiger partial charge in [-0.05, 0) is 63.8 Å². The lowest BCUT2D eigenvalue weighted by molar-refractivity contribution is -0.253. The number of aliphatic hydroxyl groups excluding tert-OH is 1. The normalized spacial score (nSPS) is 22.3. The fourth-order valence-corrected chi connectivity index (χ4v) is 5.38. The molecule has 0 aromatic heterocycles. The van der Waals surface area contributed by atoms with Crippen molar-refractivity contribution in [1.29, 1.82) is 0 Å². The number of benzene rings is 2. The van der Waals surface area contributed by atoms with Crippen LogP contribution in [0.4, 0.5) is 4.79 Å². The highest BCUT2D eigenvalue weighted by atomic mass is 16.7. The number of nitrogens with zero attached hydrogens (tertiary/aromatic N) is 1. The van der Waals surface area contributed by atoms with Crippen molar-refractivity contribution in [3.05, 3.63) is 70.8 Å². The number of carbonyl (C=O) groups excluding carboxylic acids is 3. The number of hydrogen-bond donors (Lipinski definition) is 3. The number of likely N-dealkylation sites (tertiary alicyclic amines) is 1. The van der Waals surface area contributed by atoms with Crippen LogP contribution in [0, 0.1) is 0 Å². The van der Waals surface area contributed by atoms with Gasteiger partial charge in [0.25, 0.3) is 0 Å². The first-order valence-electron chi connectivity index (χ1n) is 15.3. The average Bonchev–Trinajstić information content (AvgIpc) is 3.47. The van der Waals surface area contributed by atoms with Gasteiger partial charge in [0, 0.05) is 25.1 Å². The van der Waals surface area contributed by atoms with Gasteiger partial charge in [-0.25, -0.2) is 4.79 Å². The van der Waals surface area contributed by atoms with Crippen molar-refractivity contribution in [3.8, 4) is 0 Å². The molecular weight excluding hydrogens is 566 g/mol. The average molecular weight is 612 g/mol. The van der Waals surface area contributed by atoms with Gasteiger partial charge in [0.05, 0.1) is 25.4 Å².